The van der Waals surface area contributed by atoms with E-state index in [2.05, 4.69) is 0 Å². The van der Waals surface area contributed by atoms with Crippen LogP contribution < -0.4 is 4.74 Å². The van der Waals surface area contributed by atoms with Crippen LogP contribution in [0.25, 0.3) is 0 Å². The highest BCUT2D eigenvalue weighted by Gasteiger charge is 2.11. The Balaban J connectivity index is 2.15. The van der Waals surface area contributed by atoms with Crippen LogP contribution >= 0.6 is 11.6 Å². The van der Waals surface area contributed by atoms with Crippen molar-refractivity contribution in [3.8, 4) is 5.75 Å². The van der Waals surface area contributed by atoms with Gasteiger partial charge in [0.05, 0.1) is 12.5 Å². The van der Waals surface area contributed by atoms with Gasteiger partial charge in [-0.15, -0.1) is 11.6 Å². The molecular weight excluding hydrogens is 263 g/mol. The molecular formula is C16H16ClFO. The smallest absolute Gasteiger partial charge is 0.126 e. The first kappa shape index (κ1) is 13.9. The van der Waals surface area contributed by atoms with Crippen molar-refractivity contribution in [1.82, 2.24) is 0 Å². The van der Waals surface area contributed by atoms with Gasteiger partial charge in [0, 0.05) is 0 Å². The Morgan fingerprint density at radius 2 is 2.00 bits per heavy atom. The van der Waals surface area contributed by atoms with E-state index in [1.54, 1.807) is 20.1 Å². The fourth-order valence-electron chi connectivity index (χ4n) is 1.93. The second-order valence-electron chi connectivity index (χ2n) is 4.53. The summed E-state index contributed by atoms with van der Waals surface area (Å²) in [4.78, 5) is 0. The molecule has 2 aromatic carbocycles. The molecule has 0 aliphatic carbocycles. The van der Waals surface area contributed by atoms with E-state index in [1.165, 1.54) is 6.07 Å². The third-order valence-electron chi connectivity index (χ3n) is 3.11. The number of aryl methyl sites for hydroxylation is 1. The maximum atomic E-state index is 13.5. The highest BCUT2D eigenvalue weighted by atomic mass is 35.5. The molecule has 0 N–H and O–H groups in total. The molecule has 3 heteroatoms. The predicted molar refractivity (Wildman–Crippen MR) is 76.4 cm³/mol. The van der Waals surface area contributed by atoms with Crippen LogP contribution in [0.3, 0.4) is 0 Å². The minimum atomic E-state index is -0.248. The average molecular weight is 279 g/mol. The van der Waals surface area contributed by atoms with Crippen molar-refractivity contribution >= 4 is 11.6 Å². The van der Waals surface area contributed by atoms with Crippen molar-refractivity contribution < 1.29 is 9.13 Å². The average Bonchev–Trinajstić information content (AvgIpc) is 2.42. The van der Waals surface area contributed by atoms with Crippen molar-refractivity contribution in [3.63, 3.8) is 0 Å². The molecule has 19 heavy (non-hydrogen) atoms. The molecule has 2 aromatic rings. The highest BCUT2D eigenvalue weighted by Crippen LogP contribution is 2.27. The lowest BCUT2D eigenvalue weighted by molar-refractivity contribution is 0.414. The van der Waals surface area contributed by atoms with Crippen molar-refractivity contribution in [2.75, 3.05) is 7.11 Å². The number of hydrogen-bond donors (Lipinski definition) is 0. The predicted octanol–water partition coefficient (Wildman–Crippen LogP) is 4.67. The second-order valence-corrected chi connectivity index (χ2v) is 5.06. The summed E-state index contributed by atoms with van der Waals surface area (Å²) in [5.41, 5.74) is 2.50. The van der Waals surface area contributed by atoms with Gasteiger partial charge in [-0.2, -0.15) is 0 Å². The molecule has 1 unspecified atom stereocenters. The lowest BCUT2D eigenvalue weighted by Gasteiger charge is -2.11. The number of rotatable bonds is 4. The second kappa shape index (κ2) is 6.07. The molecule has 0 saturated carbocycles. The maximum absolute atomic E-state index is 13.5. The summed E-state index contributed by atoms with van der Waals surface area (Å²) in [6, 6.07) is 12.9. The monoisotopic (exact) mass is 278 g/mol. The fraction of sp³-hybridized carbons (Fsp3) is 0.250. The first-order chi connectivity index (χ1) is 9.10. The first-order valence-corrected chi connectivity index (χ1v) is 6.57. The number of ether oxygens (including phenoxy) is 1. The van der Waals surface area contributed by atoms with Gasteiger partial charge >= 0.3 is 0 Å². The van der Waals surface area contributed by atoms with E-state index < -0.39 is 0 Å². The third kappa shape index (κ3) is 3.48. The summed E-state index contributed by atoms with van der Waals surface area (Å²) in [6.45, 7) is 1.74. The largest absolute Gasteiger partial charge is 0.497 e. The molecule has 0 fully saturated rings. The van der Waals surface area contributed by atoms with Crippen molar-refractivity contribution in [1.29, 1.82) is 0 Å². The Kier molecular flexibility index (Phi) is 4.43. The topological polar surface area (TPSA) is 9.23 Å². The normalized spacial score (nSPS) is 12.2. The highest BCUT2D eigenvalue weighted by molar-refractivity contribution is 6.20. The number of alkyl halides is 1. The zero-order valence-electron chi connectivity index (χ0n) is 11.0. The van der Waals surface area contributed by atoms with Crippen LogP contribution in [0, 0.1) is 12.7 Å². The van der Waals surface area contributed by atoms with Gasteiger partial charge in [-0.25, -0.2) is 4.39 Å². The number of methoxy groups -OCH3 is 1. The van der Waals surface area contributed by atoms with Gasteiger partial charge in [-0.05, 0) is 48.2 Å². The van der Waals surface area contributed by atoms with E-state index in [0.717, 1.165) is 16.9 Å². The Hall–Kier alpha value is -1.54. The van der Waals surface area contributed by atoms with Gasteiger partial charge in [0.2, 0.25) is 0 Å². The molecule has 0 aliphatic rings. The van der Waals surface area contributed by atoms with Gasteiger partial charge < -0.3 is 4.74 Å². The summed E-state index contributed by atoms with van der Waals surface area (Å²) in [5.74, 6) is 0.588. The summed E-state index contributed by atoms with van der Waals surface area (Å²) < 4.78 is 18.7. The summed E-state index contributed by atoms with van der Waals surface area (Å²) in [5, 5.41) is -0.248. The van der Waals surface area contributed by atoms with E-state index in [9.17, 15) is 4.39 Å². The van der Waals surface area contributed by atoms with Gasteiger partial charge in [0.15, 0.2) is 0 Å². The molecule has 1 nitrogen and oxygen atoms in total. The minimum Gasteiger partial charge on any atom is -0.497 e. The number of benzene rings is 2. The molecule has 100 valence electrons. The van der Waals surface area contributed by atoms with E-state index in [-0.39, 0.29) is 11.2 Å². The van der Waals surface area contributed by atoms with Gasteiger partial charge in [-0.3, -0.25) is 0 Å². The Morgan fingerprint density at radius 3 is 2.68 bits per heavy atom. The molecule has 0 spiro atoms. The van der Waals surface area contributed by atoms with Crippen LogP contribution in [0.15, 0.2) is 42.5 Å². The lowest BCUT2D eigenvalue weighted by atomic mass is 10.0. The molecule has 1 atom stereocenters. The van der Waals surface area contributed by atoms with Crippen molar-refractivity contribution in [2.45, 2.75) is 18.7 Å². The molecule has 0 aliphatic heterocycles. The molecule has 0 aromatic heterocycles. The van der Waals surface area contributed by atoms with Crippen molar-refractivity contribution in [2.24, 2.45) is 0 Å². The van der Waals surface area contributed by atoms with E-state index in [4.69, 9.17) is 16.3 Å². The minimum absolute atomic E-state index is 0.214. The first-order valence-electron chi connectivity index (χ1n) is 6.13. The SMILES string of the molecule is COc1cccc(CC(Cl)c2ccc(C)c(F)c2)c1. The van der Waals surface area contributed by atoms with Crippen LogP contribution in [0.4, 0.5) is 4.39 Å². The molecule has 0 radical (unpaired) electrons. The molecule has 0 bridgehead atoms. The van der Waals surface area contributed by atoms with Crippen LogP contribution in [0.2, 0.25) is 0 Å². The summed E-state index contributed by atoms with van der Waals surface area (Å²) >= 11 is 6.35. The fourth-order valence-corrected chi connectivity index (χ4v) is 2.24. The van der Waals surface area contributed by atoms with Gasteiger partial charge in [0.1, 0.15) is 11.6 Å². The molecule has 0 amide bonds. The van der Waals surface area contributed by atoms with E-state index >= 15 is 0 Å². The quantitative estimate of drug-likeness (QED) is 0.739. The van der Waals surface area contributed by atoms with Gasteiger partial charge in [0.25, 0.3) is 0 Å². The molecule has 0 heterocycles. The summed E-state index contributed by atoms with van der Waals surface area (Å²) in [7, 11) is 1.63. The molecule has 2 rings (SSSR count). The lowest BCUT2D eigenvalue weighted by Crippen LogP contribution is -1.98. The van der Waals surface area contributed by atoms with E-state index in [0.29, 0.717) is 12.0 Å². The number of hydrogen-bond acceptors (Lipinski definition) is 1. The molecule has 0 saturated heterocycles. The Labute approximate surface area is 118 Å². The van der Waals surface area contributed by atoms with Crippen LogP contribution in [-0.2, 0) is 6.42 Å². The summed E-state index contributed by atoms with van der Waals surface area (Å²) in [6.07, 6.45) is 0.640. The van der Waals surface area contributed by atoms with Crippen LogP contribution in [0.5, 0.6) is 5.75 Å². The third-order valence-corrected chi connectivity index (χ3v) is 3.51. The zero-order valence-corrected chi connectivity index (χ0v) is 11.7. The van der Waals surface area contributed by atoms with Gasteiger partial charge in [-0.1, -0.05) is 24.3 Å². The van der Waals surface area contributed by atoms with E-state index in [1.807, 2.05) is 30.3 Å². The number of halogens is 2. The van der Waals surface area contributed by atoms with Crippen LogP contribution in [0.1, 0.15) is 22.1 Å². The standard InChI is InChI=1S/C16H16ClFO/c1-11-6-7-13(10-16(11)18)15(17)9-12-4-3-5-14(8-12)19-2/h3-8,10,15H,9H2,1-2H3. The Bertz CT molecular complexity index is 568. The Morgan fingerprint density at radius 1 is 1.21 bits per heavy atom. The van der Waals surface area contributed by atoms with Crippen LogP contribution in [-0.4, -0.2) is 7.11 Å². The maximum Gasteiger partial charge on any atom is 0.126 e. The van der Waals surface area contributed by atoms with Crippen molar-refractivity contribution in [3.05, 3.63) is 65.0 Å². The zero-order chi connectivity index (χ0) is 13.8.